The van der Waals surface area contributed by atoms with Crippen molar-refractivity contribution in [3.8, 4) is 0 Å². The van der Waals surface area contributed by atoms with Crippen LogP contribution >= 0.6 is 0 Å². The van der Waals surface area contributed by atoms with Crippen LogP contribution in [0.3, 0.4) is 0 Å². The lowest BCUT2D eigenvalue weighted by molar-refractivity contribution is -0.143. The van der Waals surface area contributed by atoms with Gasteiger partial charge in [-0.1, -0.05) is 314 Å². The van der Waals surface area contributed by atoms with Crippen molar-refractivity contribution in [2.75, 3.05) is 13.2 Å². The van der Waals surface area contributed by atoms with E-state index in [1.807, 2.05) is 6.08 Å². The van der Waals surface area contributed by atoms with Crippen LogP contribution in [-0.2, 0) is 14.3 Å². The monoisotopic (exact) mass is 1030 g/mol. The molecule has 0 spiro atoms. The molecule has 0 radical (unpaired) electrons. The molecule has 0 aromatic rings. The molecule has 3 N–H and O–H groups in total. The molecular weight excluding hydrogens is 899 g/mol. The first-order valence-electron chi connectivity index (χ1n) is 32.8. The van der Waals surface area contributed by atoms with Gasteiger partial charge in [0.25, 0.3) is 0 Å². The Balaban J connectivity index is 3.43. The van der Waals surface area contributed by atoms with E-state index in [0.717, 1.165) is 51.4 Å². The van der Waals surface area contributed by atoms with E-state index >= 15 is 0 Å². The van der Waals surface area contributed by atoms with Gasteiger partial charge >= 0.3 is 5.97 Å². The molecule has 2 unspecified atom stereocenters. The van der Waals surface area contributed by atoms with Crippen LogP contribution in [0, 0.1) is 0 Å². The van der Waals surface area contributed by atoms with Crippen LogP contribution in [0.2, 0.25) is 0 Å². The van der Waals surface area contributed by atoms with Crippen LogP contribution in [0.4, 0.5) is 0 Å². The van der Waals surface area contributed by atoms with Gasteiger partial charge in [0.15, 0.2) is 0 Å². The fraction of sp³-hybridized carbons (Fsp3) is 0.881. The second-order valence-corrected chi connectivity index (χ2v) is 22.5. The molecule has 0 aromatic heterocycles. The van der Waals surface area contributed by atoms with E-state index in [0.29, 0.717) is 19.4 Å². The Morgan fingerprint density at radius 3 is 1.05 bits per heavy atom. The zero-order chi connectivity index (χ0) is 52.9. The Kier molecular flexibility index (Phi) is 61.0. The van der Waals surface area contributed by atoms with E-state index in [-0.39, 0.29) is 18.5 Å². The Hall–Kier alpha value is -1.92. The molecule has 0 aliphatic carbocycles. The van der Waals surface area contributed by atoms with Gasteiger partial charge in [-0.05, 0) is 64.2 Å². The number of allylic oxidation sites excluding steroid dienone is 5. The Bertz CT molecular complexity index is 1180. The number of aliphatic hydroxyl groups excluding tert-OH is 2. The average Bonchev–Trinajstić information content (AvgIpc) is 3.39. The lowest BCUT2D eigenvalue weighted by atomic mass is 10.0. The average molecular weight is 1030 g/mol. The van der Waals surface area contributed by atoms with Crippen LogP contribution in [0.15, 0.2) is 36.5 Å². The van der Waals surface area contributed by atoms with Gasteiger partial charge in [0.05, 0.1) is 25.4 Å². The molecule has 0 saturated carbocycles. The molecular formula is C67H127NO5. The van der Waals surface area contributed by atoms with Gasteiger partial charge in [0, 0.05) is 12.8 Å². The Labute approximate surface area is 455 Å². The third-order valence-corrected chi connectivity index (χ3v) is 15.2. The molecule has 1 amide bonds. The van der Waals surface area contributed by atoms with Crippen molar-refractivity contribution in [3.63, 3.8) is 0 Å². The summed E-state index contributed by atoms with van der Waals surface area (Å²) in [6.45, 7) is 4.90. The SMILES string of the molecule is CCCCCC/C=C\C/C=C\CCCCCCCCCC(=O)OCCCCCCCCCCCCCCCCCCCCC(=O)NC(CO)C(O)/C=C/CCCCCCCCCCCCCCCCCCCC. The number of hydrogen-bond acceptors (Lipinski definition) is 5. The lowest BCUT2D eigenvalue weighted by Gasteiger charge is -2.20. The van der Waals surface area contributed by atoms with Crippen molar-refractivity contribution in [2.45, 2.75) is 366 Å². The zero-order valence-corrected chi connectivity index (χ0v) is 49.1. The number of carbonyl (C=O) groups is 2. The highest BCUT2D eigenvalue weighted by molar-refractivity contribution is 5.76. The zero-order valence-electron chi connectivity index (χ0n) is 49.1. The fourth-order valence-corrected chi connectivity index (χ4v) is 10.1. The summed E-state index contributed by atoms with van der Waals surface area (Å²) >= 11 is 0. The molecule has 0 aromatic carbocycles. The van der Waals surface area contributed by atoms with E-state index in [2.05, 4.69) is 43.5 Å². The summed E-state index contributed by atoms with van der Waals surface area (Å²) in [6, 6.07) is -0.632. The first kappa shape index (κ1) is 71.1. The number of aliphatic hydroxyl groups is 2. The largest absolute Gasteiger partial charge is 0.466 e. The van der Waals surface area contributed by atoms with Crippen LogP contribution < -0.4 is 5.32 Å². The number of hydrogen-bond donors (Lipinski definition) is 3. The fourth-order valence-electron chi connectivity index (χ4n) is 10.1. The van der Waals surface area contributed by atoms with Crippen LogP contribution in [0.5, 0.6) is 0 Å². The van der Waals surface area contributed by atoms with Crippen molar-refractivity contribution < 1.29 is 24.5 Å². The van der Waals surface area contributed by atoms with Gasteiger partial charge in [0.2, 0.25) is 5.91 Å². The summed E-state index contributed by atoms with van der Waals surface area (Å²) in [7, 11) is 0. The van der Waals surface area contributed by atoms with Crippen LogP contribution in [0.1, 0.15) is 354 Å². The minimum atomic E-state index is -0.849. The maximum Gasteiger partial charge on any atom is 0.305 e. The molecule has 6 heteroatoms. The first-order valence-corrected chi connectivity index (χ1v) is 32.8. The van der Waals surface area contributed by atoms with E-state index < -0.39 is 12.1 Å². The summed E-state index contributed by atoms with van der Waals surface area (Å²) in [5.74, 6) is -0.0697. The van der Waals surface area contributed by atoms with Gasteiger partial charge in [-0.3, -0.25) is 9.59 Å². The van der Waals surface area contributed by atoms with Crippen LogP contribution in [-0.4, -0.2) is 47.4 Å². The number of carbonyl (C=O) groups excluding carboxylic acids is 2. The van der Waals surface area contributed by atoms with Gasteiger partial charge in [0.1, 0.15) is 0 Å². The highest BCUT2D eigenvalue weighted by Crippen LogP contribution is 2.18. The third kappa shape index (κ3) is 59.2. The predicted molar refractivity (Wildman–Crippen MR) is 319 cm³/mol. The normalized spacial score (nSPS) is 12.8. The molecule has 0 bridgehead atoms. The molecule has 6 nitrogen and oxygen atoms in total. The van der Waals surface area contributed by atoms with Crippen molar-refractivity contribution in [3.05, 3.63) is 36.5 Å². The van der Waals surface area contributed by atoms with E-state index in [1.54, 1.807) is 6.08 Å². The van der Waals surface area contributed by atoms with E-state index in [4.69, 9.17) is 4.74 Å². The predicted octanol–water partition coefficient (Wildman–Crippen LogP) is 20.8. The van der Waals surface area contributed by atoms with E-state index in [9.17, 15) is 19.8 Å². The summed E-state index contributed by atoms with van der Waals surface area (Å²) < 4.78 is 5.49. The molecule has 0 fully saturated rings. The van der Waals surface area contributed by atoms with Gasteiger partial charge in [-0.2, -0.15) is 0 Å². The van der Waals surface area contributed by atoms with Gasteiger partial charge < -0.3 is 20.3 Å². The maximum absolute atomic E-state index is 12.5. The second kappa shape index (κ2) is 62.6. The summed E-state index contributed by atoms with van der Waals surface area (Å²) in [5, 5.41) is 23.2. The molecule has 0 heterocycles. The number of esters is 1. The highest BCUT2D eigenvalue weighted by atomic mass is 16.5. The van der Waals surface area contributed by atoms with Gasteiger partial charge in [-0.15, -0.1) is 0 Å². The minimum absolute atomic E-state index is 0.000367. The smallest absolute Gasteiger partial charge is 0.305 e. The summed E-state index contributed by atoms with van der Waals surface area (Å²) in [6.07, 6.45) is 79.0. The topological polar surface area (TPSA) is 95.9 Å². The lowest BCUT2D eigenvalue weighted by Crippen LogP contribution is -2.45. The number of amides is 1. The molecule has 73 heavy (non-hydrogen) atoms. The maximum atomic E-state index is 12.5. The molecule has 0 aliphatic heterocycles. The van der Waals surface area contributed by atoms with Gasteiger partial charge in [-0.25, -0.2) is 0 Å². The third-order valence-electron chi connectivity index (χ3n) is 15.2. The summed E-state index contributed by atoms with van der Waals surface area (Å²) in [4.78, 5) is 24.6. The number of rotatable bonds is 61. The van der Waals surface area contributed by atoms with Crippen LogP contribution in [0.25, 0.3) is 0 Å². The standard InChI is InChI=1S/C67H127NO5/c1-3-5-7-9-11-13-15-17-19-21-23-24-27-31-35-39-43-47-51-55-59-65(70)64(63-69)68-66(71)60-56-52-48-44-40-36-32-28-25-26-30-34-38-42-46-50-54-58-62-73-67(72)61-57-53-49-45-41-37-33-29-22-20-18-16-14-12-10-8-6-4-2/h14,16,20,22,55,59,64-65,69-70H,3-13,15,17-19,21,23-54,56-58,60-63H2,1-2H3,(H,68,71)/b16-14-,22-20-,59-55+. The van der Waals surface area contributed by atoms with E-state index in [1.165, 1.54) is 276 Å². The molecule has 2 atom stereocenters. The van der Waals surface area contributed by atoms with Crippen molar-refractivity contribution >= 4 is 11.9 Å². The number of nitrogens with one attached hydrogen (secondary N) is 1. The Morgan fingerprint density at radius 2 is 0.685 bits per heavy atom. The Morgan fingerprint density at radius 1 is 0.384 bits per heavy atom. The van der Waals surface area contributed by atoms with Crippen molar-refractivity contribution in [1.82, 2.24) is 5.32 Å². The minimum Gasteiger partial charge on any atom is -0.466 e. The first-order chi connectivity index (χ1) is 36.0. The second-order valence-electron chi connectivity index (χ2n) is 22.5. The van der Waals surface area contributed by atoms with Crippen molar-refractivity contribution in [1.29, 1.82) is 0 Å². The molecule has 0 saturated heterocycles. The number of unbranched alkanes of at least 4 members (excludes halogenated alkanes) is 46. The molecule has 0 rings (SSSR count). The highest BCUT2D eigenvalue weighted by Gasteiger charge is 2.18. The quantitative estimate of drug-likeness (QED) is 0.0320. The number of ether oxygens (including phenoxy) is 1. The molecule has 430 valence electrons. The summed E-state index contributed by atoms with van der Waals surface area (Å²) in [5.41, 5.74) is 0. The van der Waals surface area contributed by atoms with Crippen molar-refractivity contribution in [2.24, 2.45) is 0 Å². The molecule has 0 aliphatic rings.